The normalized spacial score (nSPS) is 11.8. The minimum absolute atomic E-state index is 0.0312. The number of aliphatic imine (C=N–C) groups is 2. The third kappa shape index (κ3) is 6.96. The van der Waals surface area contributed by atoms with Crippen molar-refractivity contribution in [3.05, 3.63) is 132 Å². The van der Waals surface area contributed by atoms with Crippen LogP contribution in [-0.2, 0) is 0 Å². The van der Waals surface area contributed by atoms with E-state index in [-0.39, 0.29) is 11.5 Å². The lowest BCUT2D eigenvalue weighted by atomic mass is 10.2. The van der Waals surface area contributed by atoms with Gasteiger partial charge in [-0.15, -0.1) is 0 Å². The molecule has 40 heavy (non-hydrogen) atoms. The zero-order valence-electron chi connectivity index (χ0n) is 21.3. The lowest BCUT2D eigenvalue weighted by Gasteiger charge is -2.03. The van der Waals surface area contributed by atoms with Gasteiger partial charge in [-0.2, -0.15) is 20.5 Å². The number of para-hydroxylation sites is 2. The molecule has 0 aliphatic carbocycles. The molecule has 8 heteroatoms. The Morgan fingerprint density at radius 1 is 0.400 bits per heavy atom. The Labute approximate surface area is 231 Å². The number of benzene rings is 5. The summed E-state index contributed by atoms with van der Waals surface area (Å²) in [6.07, 6.45) is 3.12. The van der Waals surface area contributed by atoms with Gasteiger partial charge < -0.3 is 10.2 Å². The monoisotopic (exact) mass is 524 g/mol. The quantitative estimate of drug-likeness (QED) is 0.155. The third-order valence-electron chi connectivity index (χ3n) is 5.67. The van der Waals surface area contributed by atoms with Crippen LogP contribution in [0.15, 0.2) is 152 Å². The van der Waals surface area contributed by atoms with Gasteiger partial charge in [-0.1, -0.05) is 48.5 Å². The first-order valence-corrected chi connectivity index (χ1v) is 12.4. The number of nitrogens with zero attached hydrogens (tertiary/aromatic N) is 6. The van der Waals surface area contributed by atoms with Crippen LogP contribution in [0.2, 0.25) is 0 Å². The van der Waals surface area contributed by atoms with Crippen LogP contribution in [-0.4, -0.2) is 22.6 Å². The highest BCUT2D eigenvalue weighted by Gasteiger charge is 2.04. The van der Waals surface area contributed by atoms with Gasteiger partial charge in [-0.05, 0) is 60.7 Å². The second-order valence-corrected chi connectivity index (χ2v) is 8.56. The van der Waals surface area contributed by atoms with Crippen LogP contribution in [0.4, 0.5) is 34.1 Å². The lowest BCUT2D eigenvalue weighted by Crippen LogP contribution is -1.83. The molecule has 0 amide bonds. The summed E-state index contributed by atoms with van der Waals surface area (Å²) in [5.74, 6) is 0.0624. The van der Waals surface area contributed by atoms with E-state index < -0.39 is 0 Å². The van der Waals surface area contributed by atoms with Gasteiger partial charge >= 0.3 is 0 Å². The molecule has 2 N–H and O–H groups in total. The van der Waals surface area contributed by atoms with E-state index in [2.05, 4.69) is 30.4 Å². The van der Waals surface area contributed by atoms with Crippen molar-refractivity contribution >= 4 is 46.6 Å². The predicted molar refractivity (Wildman–Crippen MR) is 158 cm³/mol. The molecule has 0 unspecified atom stereocenters. The maximum Gasteiger partial charge on any atom is 0.126 e. The molecule has 0 spiro atoms. The molecule has 5 aromatic carbocycles. The summed E-state index contributed by atoms with van der Waals surface area (Å²) >= 11 is 0. The van der Waals surface area contributed by atoms with E-state index in [0.29, 0.717) is 33.9 Å². The Balaban J connectivity index is 1.29. The first-order chi connectivity index (χ1) is 19.6. The van der Waals surface area contributed by atoms with Gasteiger partial charge in [0.15, 0.2) is 0 Å². The zero-order valence-corrected chi connectivity index (χ0v) is 21.3. The fourth-order valence-corrected chi connectivity index (χ4v) is 3.59. The molecule has 5 rings (SSSR count). The first-order valence-electron chi connectivity index (χ1n) is 12.4. The van der Waals surface area contributed by atoms with Gasteiger partial charge in [-0.25, -0.2) is 0 Å². The van der Waals surface area contributed by atoms with E-state index in [1.165, 1.54) is 12.1 Å². The van der Waals surface area contributed by atoms with E-state index in [1.807, 2.05) is 84.9 Å². The molecule has 0 saturated carbocycles. The fourth-order valence-electron chi connectivity index (χ4n) is 3.59. The highest BCUT2D eigenvalue weighted by molar-refractivity contribution is 5.90. The Bertz CT molecular complexity index is 1590. The standard InChI is InChI=1S/C32H24N6O2/c39-31-19-27(37-35-25-9-3-1-4-10-25)17-15-23(31)21-33-29-13-7-8-14-30(29)34-22-24-16-18-28(20-32(24)40)38-36-26-11-5-2-6-12-26/h1-22,39-40H. The minimum atomic E-state index is 0.0312. The molecule has 194 valence electrons. The van der Waals surface area contributed by atoms with Gasteiger partial charge in [-0.3, -0.25) is 9.98 Å². The number of hydrogen-bond acceptors (Lipinski definition) is 8. The summed E-state index contributed by atoms with van der Waals surface area (Å²) in [6, 6.07) is 36.1. The van der Waals surface area contributed by atoms with Crippen molar-refractivity contribution in [2.75, 3.05) is 0 Å². The summed E-state index contributed by atoms with van der Waals surface area (Å²) in [6.45, 7) is 0. The first kappa shape index (κ1) is 25.9. The van der Waals surface area contributed by atoms with Gasteiger partial charge in [0.25, 0.3) is 0 Å². The van der Waals surface area contributed by atoms with Crippen LogP contribution >= 0.6 is 0 Å². The molecule has 5 aromatic rings. The van der Waals surface area contributed by atoms with Crippen LogP contribution < -0.4 is 0 Å². The summed E-state index contributed by atoms with van der Waals surface area (Å²) in [5, 5.41) is 37.6. The Hall–Kier alpha value is -5.76. The SMILES string of the molecule is Oc1cc(N=Nc2ccccc2)ccc1C=Nc1ccccc1N=Cc1ccc(N=Nc2ccccc2)cc1O. The molecule has 0 aliphatic heterocycles. The van der Waals surface area contributed by atoms with Crippen molar-refractivity contribution in [2.45, 2.75) is 0 Å². The maximum absolute atomic E-state index is 10.5. The van der Waals surface area contributed by atoms with Crippen LogP contribution in [0, 0.1) is 0 Å². The maximum atomic E-state index is 10.5. The number of aromatic hydroxyl groups is 2. The summed E-state index contributed by atoms with van der Waals surface area (Å²) < 4.78 is 0. The van der Waals surface area contributed by atoms with Crippen LogP contribution in [0.25, 0.3) is 0 Å². The smallest absolute Gasteiger partial charge is 0.126 e. The number of azo groups is 2. The molecule has 0 atom stereocenters. The fraction of sp³-hybridized carbons (Fsp3) is 0. The molecule has 0 radical (unpaired) electrons. The average molecular weight is 525 g/mol. The van der Waals surface area contributed by atoms with Crippen molar-refractivity contribution in [1.82, 2.24) is 0 Å². The highest BCUT2D eigenvalue weighted by Crippen LogP contribution is 2.30. The molecule has 0 aliphatic rings. The highest BCUT2D eigenvalue weighted by atomic mass is 16.3. The number of hydrogen-bond donors (Lipinski definition) is 2. The Morgan fingerprint density at radius 3 is 1.18 bits per heavy atom. The molecule has 0 bridgehead atoms. The van der Waals surface area contributed by atoms with Crippen molar-refractivity contribution in [2.24, 2.45) is 30.4 Å². The van der Waals surface area contributed by atoms with Gasteiger partial charge in [0.05, 0.1) is 34.1 Å². The van der Waals surface area contributed by atoms with Crippen LogP contribution in [0.5, 0.6) is 11.5 Å². The second kappa shape index (κ2) is 12.7. The Kier molecular flexibility index (Phi) is 8.19. The van der Waals surface area contributed by atoms with Crippen LogP contribution in [0.1, 0.15) is 11.1 Å². The largest absolute Gasteiger partial charge is 0.507 e. The second-order valence-electron chi connectivity index (χ2n) is 8.56. The Morgan fingerprint density at radius 2 is 0.775 bits per heavy atom. The van der Waals surface area contributed by atoms with Gasteiger partial charge in [0.1, 0.15) is 11.5 Å². The number of phenols is 2. The summed E-state index contributed by atoms with van der Waals surface area (Å²) in [4.78, 5) is 9.04. The number of rotatable bonds is 8. The van der Waals surface area contributed by atoms with E-state index in [1.54, 1.807) is 36.7 Å². The summed E-state index contributed by atoms with van der Waals surface area (Å²) in [5.41, 5.74) is 4.74. The van der Waals surface area contributed by atoms with Crippen molar-refractivity contribution in [3.8, 4) is 11.5 Å². The zero-order chi connectivity index (χ0) is 27.6. The third-order valence-corrected chi connectivity index (χ3v) is 5.67. The molecule has 0 fully saturated rings. The molecule has 8 nitrogen and oxygen atoms in total. The minimum Gasteiger partial charge on any atom is -0.507 e. The van der Waals surface area contributed by atoms with Gasteiger partial charge in [0.2, 0.25) is 0 Å². The molecular weight excluding hydrogens is 500 g/mol. The van der Waals surface area contributed by atoms with E-state index in [9.17, 15) is 10.2 Å². The topological polar surface area (TPSA) is 115 Å². The molecule has 0 aromatic heterocycles. The van der Waals surface area contributed by atoms with Crippen molar-refractivity contribution < 1.29 is 10.2 Å². The van der Waals surface area contributed by atoms with E-state index >= 15 is 0 Å². The van der Waals surface area contributed by atoms with Crippen molar-refractivity contribution in [3.63, 3.8) is 0 Å². The van der Waals surface area contributed by atoms with Crippen LogP contribution in [0.3, 0.4) is 0 Å². The van der Waals surface area contributed by atoms with Crippen molar-refractivity contribution in [1.29, 1.82) is 0 Å². The molecule has 0 heterocycles. The summed E-state index contributed by atoms with van der Waals surface area (Å²) in [7, 11) is 0. The average Bonchev–Trinajstić information content (AvgIpc) is 2.99. The molecule has 0 saturated heterocycles. The number of phenolic OH excluding ortho intramolecular Hbond substituents is 2. The van der Waals surface area contributed by atoms with E-state index in [4.69, 9.17) is 0 Å². The lowest BCUT2D eigenvalue weighted by molar-refractivity contribution is 0.474. The predicted octanol–water partition coefficient (Wildman–Crippen LogP) is 9.43. The van der Waals surface area contributed by atoms with Gasteiger partial charge in [0, 0.05) is 35.7 Å². The van der Waals surface area contributed by atoms with E-state index in [0.717, 1.165) is 11.4 Å². The molecular formula is C32H24N6O2.